The van der Waals surface area contributed by atoms with Gasteiger partial charge < -0.3 is 0 Å². The average molecular weight is 373 g/mol. The normalized spacial score (nSPS) is 13.4. The highest BCUT2D eigenvalue weighted by Crippen LogP contribution is 2.30. The molecule has 0 aliphatic carbocycles. The lowest BCUT2D eigenvalue weighted by molar-refractivity contribution is 0.597. The zero-order chi connectivity index (χ0) is 15.7. The third-order valence-electron chi connectivity index (χ3n) is 3.42. The molecule has 0 radical (unpaired) electrons. The Hall–Kier alpha value is -0.620. The predicted molar refractivity (Wildman–Crippen MR) is 94.6 cm³/mol. The second-order valence-corrected chi connectivity index (χ2v) is 7.72. The number of aromatic nitrogens is 2. The Kier molecular flexibility index (Phi) is 5.07. The first-order valence-corrected chi connectivity index (χ1v) is 9.66. The Balaban J connectivity index is 1.87. The Morgan fingerprint density at radius 3 is 2.91 bits per heavy atom. The summed E-state index contributed by atoms with van der Waals surface area (Å²) in [5.41, 5.74) is 2.09. The molecule has 0 N–H and O–H groups in total. The molecule has 3 nitrogen and oxygen atoms in total. The lowest BCUT2D eigenvalue weighted by atomic mass is 10.2. The van der Waals surface area contributed by atoms with Crippen LogP contribution in [-0.4, -0.2) is 15.3 Å². The third kappa shape index (κ3) is 3.18. The van der Waals surface area contributed by atoms with Crippen LogP contribution in [0.5, 0.6) is 0 Å². The zero-order valence-electron chi connectivity index (χ0n) is 11.9. The van der Waals surface area contributed by atoms with Gasteiger partial charge in [-0.15, -0.1) is 11.8 Å². The topological polar surface area (TPSA) is 34.9 Å². The Bertz CT molecular complexity index is 777. The molecule has 2 heterocycles. The second kappa shape index (κ2) is 6.87. The number of benzene rings is 1. The second-order valence-electron chi connectivity index (χ2n) is 4.86. The van der Waals surface area contributed by atoms with Gasteiger partial charge in [0.2, 0.25) is 0 Å². The summed E-state index contributed by atoms with van der Waals surface area (Å²) in [6.45, 7) is 2.60. The summed E-state index contributed by atoms with van der Waals surface area (Å²) in [4.78, 5) is 18.0. The van der Waals surface area contributed by atoms with Gasteiger partial charge in [-0.3, -0.25) is 9.36 Å². The molecule has 7 heteroatoms. The van der Waals surface area contributed by atoms with Crippen LogP contribution in [0, 0.1) is 0 Å². The molecule has 0 unspecified atom stereocenters. The van der Waals surface area contributed by atoms with Crippen molar-refractivity contribution in [3.63, 3.8) is 0 Å². The zero-order valence-corrected chi connectivity index (χ0v) is 15.1. The van der Waals surface area contributed by atoms with Gasteiger partial charge in [0, 0.05) is 24.5 Å². The van der Waals surface area contributed by atoms with Crippen molar-refractivity contribution >= 4 is 46.7 Å². The molecule has 0 fully saturated rings. The number of nitrogens with zero attached hydrogens (tertiary/aromatic N) is 2. The summed E-state index contributed by atoms with van der Waals surface area (Å²) in [6.07, 6.45) is 0.875. The number of fused-ring (bicyclic) bond motifs is 1. The molecule has 0 atom stereocenters. The van der Waals surface area contributed by atoms with E-state index >= 15 is 0 Å². The Morgan fingerprint density at radius 1 is 1.36 bits per heavy atom. The first-order chi connectivity index (χ1) is 10.6. The minimum Gasteiger partial charge on any atom is -0.287 e. The van der Waals surface area contributed by atoms with Gasteiger partial charge in [-0.1, -0.05) is 41.0 Å². The maximum absolute atomic E-state index is 12.5. The summed E-state index contributed by atoms with van der Waals surface area (Å²) in [5.74, 6) is 1.65. The molecule has 0 amide bonds. The largest absolute Gasteiger partial charge is 0.287 e. The van der Waals surface area contributed by atoms with Crippen LogP contribution in [0.25, 0.3) is 0 Å². The molecule has 1 aliphatic rings. The van der Waals surface area contributed by atoms with Crippen LogP contribution < -0.4 is 5.56 Å². The van der Waals surface area contributed by atoms with Gasteiger partial charge in [0.1, 0.15) is 0 Å². The number of aryl methyl sites for hydroxylation is 1. The van der Waals surface area contributed by atoms with Crippen molar-refractivity contribution in [1.29, 1.82) is 0 Å². The number of thioether (sulfide) groups is 2. The monoisotopic (exact) mass is 372 g/mol. The van der Waals surface area contributed by atoms with E-state index in [1.807, 2.05) is 19.1 Å². The minimum absolute atomic E-state index is 0.0895. The maximum atomic E-state index is 12.5. The van der Waals surface area contributed by atoms with Gasteiger partial charge in [0.15, 0.2) is 5.16 Å². The SMILES string of the molecule is CCn1c(SCc2ccc(Cl)c(Cl)c2)nc2c(c1=O)SCC2. The lowest BCUT2D eigenvalue weighted by Crippen LogP contribution is -2.24. The first-order valence-electron chi connectivity index (χ1n) is 6.93. The molecule has 116 valence electrons. The third-order valence-corrected chi connectivity index (χ3v) is 6.31. The number of hydrogen-bond acceptors (Lipinski definition) is 4. The van der Waals surface area contributed by atoms with Crippen LogP contribution in [0.2, 0.25) is 10.0 Å². The average Bonchev–Trinajstić information content (AvgIpc) is 2.97. The molecule has 1 aromatic carbocycles. The highest BCUT2D eigenvalue weighted by Gasteiger charge is 2.21. The summed E-state index contributed by atoms with van der Waals surface area (Å²) in [7, 11) is 0. The molecular weight excluding hydrogens is 359 g/mol. The van der Waals surface area contributed by atoms with Crippen LogP contribution in [0.15, 0.2) is 33.0 Å². The Morgan fingerprint density at radius 2 is 2.18 bits per heavy atom. The molecule has 2 aromatic rings. The predicted octanol–water partition coefficient (Wildman–Crippen LogP) is 4.51. The van der Waals surface area contributed by atoms with E-state index in [4.69, 9.17) is 23.2 Å². The fourth-order valence-electron chi connectivity index (χ4n) is 2.29. The minimum atomic E-state index is 0.0895. The van der Waals surface area contributed by atoms with E-state index in [0.717, 1.165) is 33.5 Å². The van der Waals surface area contributed by atoms with E-state index < -0.39 is 0 Å². The molecule has 0 saturated carbocycles. The maximum Gasteiger partial charge on any atom is 0.268 e. The van der Waals surface area contributed by atoms with Crippen molar-refractivity contribution in [2.45, 2.75) is 35.7 Å². The smallest absolute Gasteiger partial charge is 0.268 e. The highest BCUT2D eigenvalue weighted by molar-refractivity contribution is 7.99. The van der Waals surface area contributed by atoms with Gasteiger partial charge in [-0.25, -0.2) is 4.98 Å². The number of rotatable bonds is 4. The summed E-state index contributed by atoms with van der Waals surface area (Å²) in [6, 6.07) is 5.59. The van der Waals surface area contributed by atoms with E-state index in [9.17, 15) is 4.79 Å². The van der Waals surface area contributed by atoms with Gasteiger partial charge >= 0.3 is 0 Å². The molecular formula is C15H14Cl2N2OS2. The van der Waals surface area contributed by atoms with Crippen LogP contribution in [0.4, 0.5) is 0 Å². The summed E-state index contributed by atoms with van der Waals surface area (Å²) < 4.78 is 1.75. The van der Waals surface area contributed by atoms with Crippen molar-refractivity contribution in [2.24, 2.45) is 0 Å². The van der Waals surface area contributed by atoms with Crippen LogP contribution in [-0.2, 0) is 18.7 Å². The van der Waals surface area contributed by atoms with Gasteiger partial charge in [0.05, 0.1) is 20.6 Å². The summed E-state index contributed by atoms with van der Waals surface area (Å²) in [5, 5.41) is 1.87. The van der Waals surface area contributed by atoms with Crippen LogP contribution >= 0.6 is 46.7 Å². The first kappa shape index (κ1) is 16.2. The van der Waals surface area contributed by atoms with Crippen molar-refractivity contribution in [3.8, 4) is 0 Å². The van der Waals surface area contributed by atoms with E-state index in [-0.39, 0.29) is 5.56 Å². The number of halogens is 2. The van der Waals surface area contributed by atoms with E-state index in [1.54, 1.807) is 34.2 Å². The van der Waals surface area contributed by atoms with Gasteiger partial charge in [-0.2, -0.15) is 0 Å². The lowest BCUT2D eigenvalue weighted by Gasteiger charge is -2.11. The quantitative estimate of drug-likeness (QED) is 0.584. The molecule has 1 aromatic heterocycles. The molecule has 1 aliphatic heterocycles. The van der Waals surface area contributed by atoms with E-state index in [1.165, 1.54) is 0 Å². The molecule has 22 heavy (non-hydrogen) atoms. The molecule has 0 bridgehead atoms. The van der Waals surface area contributed by atoms with E-state index in [0.29, 0.717) is 22.3 Å². The Labute approximate surface area is 147 Å². The van der Waals surface area contributed by atoms with E-state index in [2.05, 4.69) is 4.98 Å². The van der Waals surface area contributed by atoms with Crippen LogP contribution in [0.3, 0.4) is 0 Å². The number of hydrogen-bond donors (Lipinski definition) is 0. The van der Waals surface area contributed by atoms with Crippen molar-refractivity contribution in [3.05, 3.63) is 49.9 Å². The van der Waals surface area contributed by atoms with Crippen molar-refractivity contribution in [2.75, 3.05) is 5.75 Å². The van der Waals surface area contributed by atoms with Crippen molar-refractivity contribution in [1.82, 2.24) is 9.55 Å². The van der Waals surface area contributed by atoms with Gasteiger partial charge in [0.25, 0.3) is 5.56 Å². The fourth-order valence-corrected chi connectivity index (χ4v) is 4.68. The molecule has 0 saturated heterocycles. The fraction of sp³-hybridized carbons (Fsp3) is 0.333. The highest BCUT2D eigenvalue weighted by atomic mass is 35.5. The standard InChI is InChI=1S/C15H14Cl2N2OS2/c1-2-19-14(20)13-12(5-6-21-13)18-15(19)22-8-9-3-4-10(16)11(17)7-9/h3-4,7H,2,5-6,8H2,1H3. The van der Waals surface area contributed by atoms with Crippen LogP contribution in [0.1, 0.15) is 18.2 Å². The molecule has 0 spiro atoms. The summed E-state index contributed by atoms with van der Waals surface area (Å²) >= 11 is 15.1. The van der Waals surface area contributed by atoms with Gasteiger partial charge in [-0.05, 0) is 24.6 Å². The molecule has 3 rings (SSSR count). The van der Waals surface area contributed by atoms with Crippen molar-refractivity contribution < 1.29 is 0 Å².